The van der Waals surface area contributed by atoms with Gasteiger partial charge in [0.2, 0.25) is 0 Å². The molecule has 5 rings (SSSR count). The average Bonchev–Trinajstić information content (AvgIpc) is 3.24. The minimum Gasteiger partial charge on any atom is -0.408 e. The highest BCUT2D eigenvalue weighted by Gasteiger charge is 2.23. The van der Waals surface area contributed by atoms with Crippen molar-refractivity contribution in [2.75, 3.05) is 19.7 Å². The van der Waals surface area contributed by atoms with Gasteiger partial charge in [0.15, 0.2) is 5.58 Å². The van der Waals surface area contributed by atoms with E-state index in [9.17, 15) is 14.9 Å². The Kier molecular flexibility index (Phi) is 6.20. The summed E-state index contributed by atoms with van der Waals surface area (Å²) in [5, 5.41) is 16.7. The number of benzene rings is 2. The van der Waals surface area contributed by atoms with Gasteiger partial charge in [-0.05, 0) is 59.8 Å². The van der Waals surface area contributed by atoms with Crippen molar-refractivity contribution in [1.82, 2.24) is 15.2 Å². The van der Waals surface area contributed by atoms with E-state index in [4.69, 9.17) is 9.15 Å². The monoisotopic (exact) mass is 476 g/mol. The van der Waals surface area contributed by atoms with E-state index >= 15 is 0 Å². The number of nitrogens with one attached hydrogen (secondary N) is 2. The predicted octanol–water partition coefficient (Wildman–Crippen LogP) is 2.94. The maximum Gasteiger partial charge on any atom is 0.419 e. The fraction of sp³-hybridized carbons (Fsp3) is 0.320. The molecule has 0 spiro atoms. The van der Waals surface area contributed by atoms with Crippen LogP contribution >= 0.6 is 11.3 Å². The molecule has 8 nitrogen and oxygen atoms in total. The molecule has 1 unspecified atom stereocenters. The average molecular weight is 477 g/mol. The van der Waals surface area contributed by atoms with Crippen molar-refractivity contribution >= 4 is 38.4 Å². The van der Waals surface area contributed by atoms with E-state index in [1.54, 1.807) is 18.4 Å². The van der Waals surface area contributed by atoms with E-state index in [1.165, 1.54) is 4.57 Å². The molecule has 0 aliphatic carbocycles. The Hall–Kier alpha value is -3.45. The molecule has 2 aromatic carbocycles. The lowest BCUT2D eigenvalue weighted by molar-refractivity contribution is -0.132. The lowest BCUT2D eigenvalue weighted by atomic mass is 10.0. The molecule has 0 radical (unpaired) electrons. The molecule has 2 N–H and O–H groups in total. The van der Waals surface area contributed by atoms with Crippen LogP contribution in [0.1, 0.15) is 12.0 Å². The molecular formula is C25H24N4O4S. The molecular weight excluding hydrogens is 452 g/mol. The second-order valence-electron chi connectivity index (χ2n) is 8.40. The van der Waals surface area contributed by atoms with Gasteiger partial charge in [0.25, 0.3) is 5.91 Å². The van der Waals surface area contributed by atoms with Crippen LogP contribution in [0.4, 0.5) is 0 Å². The molecule has 34 heavy (non-hydrogen) atoms. The summed E-state index contributed by atoms with van der Waals surface area (Å²) in [7, 11) is 1.69. The minimum atomic E-state index is -0.639. The number of hydrogen-bond donors (Lipinski definition) is 2. The number of nitriles is 1. The van der Waals surface area contributed by atoms with Crippen molar-refractivity contribution in [3.05, 3.63) is 58.6 Å². The highest BCUT2D eigenvalue weighted by molar-refractivity contribution is 7.22. The molecule has 1 aliphatic rings. The zero-order chi connectivity index (χ0) is 23.7. The quantitative estimate of drug-likeness (QED) is 0.458. The van der Waals surface area contributed by atoms with Crippen LogP contribution in [0.15, 0.2) is 51.7 Å². The molecule has 1 amide bonds. The zero-order valence-electron chi connectivity index (χ0n) is 18.7. The third-order valence-corrected chi connectivity index (χ3v) is 7.17. The Bertz CT molecular complexity index is 1450. The zero-order valence-corrected chi connectivity index (χ0v) is 19.5. The number of aryl methyl sites for hydroxylation is 1. The highest BCUT2D eigenvalue weighted by Crippen LogP contribution is 2.35. The van der Waals surface area contributed by atoms with Crippen molar-refractivity contribution in [2.45, 2.75) is 25.0 Å². The Morgan fingerprint density at radius 1 is 1.32 bits per heavy atom. The first-order chi connectivity index (χ1) is 16.5. The summed E-state index contributed by atoms with van der Waals surface area (Å²) in [6.45, 7) is 1.80. The Labute approximate surface area is 199 Å². The second-order valence-corrected chi connectivity index (χ2v) is 9.49. The van der Waals surface area contributed by atoms with E-state index < -0.39 is 12.1 Å². The molecule has 174 valence electrons. The fourth-order valence-corrected chi connectivity index (χ4v) is 5.19. The van der Waals surface area contributed by atoms with Crippen LogP contribution in [0.5, 0.6) is 0 Å². The third-order valence-electron chi connectivity index (χ3n) is 6.01. The Morgan fingerprint density at radius 2 is 2.21 bits per heavy atom. The summed E-state index contributed by atoms with van der Waals surface area (Å²) in [4.78, 5) is 25.4. The van der Waals surface area contributed by atoms with Crippen LogP contribution in [-0.2, 0) is 23.0 Å². The molecule has 0 saturated carbocycles. The van der Waals surface area contributed by atoms with Crippen LogP contribution < -0.4 is 16.4 Å². The number of rotatable bonds is 5. The first-order valence-corrected chi connectivity index (χ1v) is 12.0. The van der Waals surface area contributed by atoms with E-state index in [-0.39, 0.29) is 11.7 Å². The first kappa shape index (κ1) is 22.3. The van der Waals surface area contributed by atoms with Crippen molar-refractivity contribution < 1.29 is 13.9 Å². The van der Waals surface area contributed by atoms with Crippen molar-refractivity contribution in [3.8, 4) is 16.5 Å². The molecule has 2 aromatic heterocycles. The van der Waals surface area contributed by atoms with Gasteiger partial charge >= 0.3 is 5.76 Å². The number of fused-ring (bicyclic) bond motifs is 2. The van der Waals surface area contributed by atoms with Gasteiger partial charge in [-0.2, -0.15) is 5.26 Å². The summed E-state index contributed by atoms with van der Waals surface area (Å²) < 4.78 is 13.4. The molecule has 1 saturated heterocycles. The van der Waals surface area contributed by atoms with E-state index in [1.807, 2.05) is 30.3 Å². The highest BCUT2D eigenvalue weighted by atomic mass is 32.1. The normalized spacial score (nSPS) is 17.4. The topological polar surface area (TPSA) is 109 Å². The summed E-state index contributed by atoms with van der Waals surface area (Å²) >= 11 is 1.66. The molecule has 9 heteroatoms. The van der Waals surface area contributed by atoms with Gasteiger partial charge in [-0.25, -0.2) is 4.79 Å². The van der Waals surface area contributed by atoms with Gasteiger partial charge in [-0.15, -0.1) is 11.3 Å². The van der Waals surface area contributed by atoms with Crippen LogP contribution in [0.2, 0.25) is 0 Å². The van der Waals surface area contributed by atoms with Crippen molar-refractivity contribution in [3.63, 3.8) is 0 Å². The molecule has 4 aromatic rings. The van der Waals surface area contributed by atoms with E-state index in [0.29, 0.717) is 25.2 Å². The van der Waals surface area contributed by atoms with Gasteiger partial charge < -0.3 is 19.8 Å². The lowest BCUT2D eigenvalue weighted by Gasteiger charge is -2.18. The Morgan fingerprint density at radius 3 is 3.06 bits per heavy atom. The van der Waals surface area contributed by atoms with Crippen molar-refractivity contribution in [2.24, 2.45) is 7.05 Å². The SMILES string of the molecule is Cn1c(=O)oc2ccc(-c3cc4cc(C[C@@H](C#N)NC(=O)C5CNCCCO5)ccc4s3)cc21. The summed E-state index contributed by atoms with van der Waals surface area (Å²) in [5.74, 6) is -0.641. The Balaban J connectivity index is 1.34. The molecule has 3 heterocycles. The third kappa shape index (κ3) is 4.48. The number of amides is 1. The molecule has 2 atom stereocenters. The molecule has 0 bridgehead atoms. The van der Waals surface area contributed by atoms with Gasteiger partial charge in [0.05, 0.1) is 11.6 Å². The number of aromatic nitrogens is 1. The van der Waals surface area contributed by atoms with Gasteiger partial charge in [0.1, 0.15) is 12.1 Å². The van der Waals surface area contributed by atoms with Gasteiger partial charge in [-0.1, -0.05) is 12.1 Å². The summed E-state index contributed by atoms with van der Waals surface area (Å²) in [6, 6.07) is 15.5. The van der Waals surface area contributed by atoms with Crippen LogP contribution in [-0.4, -0.2) is 42.3 Å². The fourth-order valence-electron chi connectivity index (χ4n) is 4.15. The molecule has 1 aliphatic heterocycles. The number of nitrogens with zero attached hydrogens (tertiary/aromatic N) is 2. The summed E-state index contributed by atoms with van der Waals surface area (Å²) in [6.07, 6.45) is 0.696. The van der Waals surface area contributed by atoms with Gasteiger partial charge in [0, 0.05) is 36.2 Å². The predicted molar refractivity (Wildman–Crippen MR) is 131 cm³/mol. The number of hydrogen-bond acceptors (Lipinski definition) is 7. The number of oxazole rings is 1. The number of carbonyl (C=O) groups excluding carboxylic acids is 1. The summed E-state index contributed by atoms with van der Waals surface area (Å²) in [5.41, 5.74) is 3.29. The number of carbonyl (C=O) groups is 1. The van der Waals surface area contributed by atoms with Gasteiger partial charge in [-0.3, -0.25) is 9.36 Å². The molecule has 1 fully saturated rings. The standard InChI is InChI=1S/C25H24N4O4S/c1-29-19-11-16(4-5-20(19)33-25(29)31)23-12-17-9-15(3-6-22(17)34-23)10-18(13-26)28-24(30)21-14-27-7-2-8-32-21/h3-6,9,11-12,18,21,27H,2,7-8,10,14H2,1H3,(H,28,30)/t18-,21?/m0/s1. The number of ether oxygens (including phenoxy) is 1. The maximum absolute atomic E-state index is 12.5. The smallest absolute Gasteiger partial charge is 0.408 e. The van der Waals surface area contributed by atoms with E-state index in [0.717, 1.165) is 44.6 Å². The van der Waals surface area contributed by atoms with E-state index in [2.05, 4.69) is 28.8 Å². The minimum absolute atomic E-state index is 0.260. The first-order valence-electron chi connectivity index (χ1n) is 11.2. The number of thiophene rings is 1. The van der Waals surface area contributed by atoms with Crippen LogP contribution in [0.25, 0.3) is 31.6 Å². The largest absolute Gasteiger partial charge is 0.419 e. The van der Waals surface area contributed by atoms with Crippen LogP contribution in [0, 0.1) is 11.3 Å². The lowest BCUT2D eigenvalue weighted by Crippen LogP contribution is -2.46. The maximum atomic E-state index is 12.5. The van der Waals surface area contributed by atoms with Crippen LogP contribution in [0.3, 0.4) is 0 Å². The second kappa shape index (κ2) is 9.43. The van der Waals surface area contributed by atoms with Crippen molar-refractivity contribution in [1.29, 1.82) is 5.26 Å².